The van der Waals surface area contributed by atoms with E-state index < -0.39 is 5.91 Å². The molecule has 0 unspecified atom stereocenters. The highest BCUT2D eigenvalue weighted by atomic mass is 16.1. The standard InChI is InChI=1S/C11H11N5O/c12-11(17)9-7-16(8-5-13-14-6-8)15-4-2-1-3-10(9)15/h1-6H,7H2,(H2,12,17)(H,13,14). The van der Waals surface area contributed by atoms with Gasteiger partial charge in [0.15, 0.2) is 0 Å². The summed E-state index contributed by atoms with van der Waals surface area (Å²) in [5.74, 6) is -0.393. The van der Waals surface area contributed by atoms with Crippen molar-refractivity contribution >= 4 is 11.6 Å². The van der Waals surface area contributed by atoms with Gasteiger partial charge in [-0.3, -0.25) is 19.9 Å². The number of H-pyrrole nitrogens is 1. The highest BCUT2D eigenvalue weighted by Gasteiger charge is 2.31. The van der Waals surface area contributed by atoms with E-state index in [-0.39, 0.29) is 0 Å². The second kappa shape index (κ2) is 3.51. The van der Waals surface area contributed by atoms with Gasteiger partial charge in [-0.1, -0.05) is 6.08 Å². The zero-order chi connectivity index (χ0) is 11.8. The number of amides is 1. The summed E-state index contributed by atoms with van der Waals surface area (Å²) in [6, 6.07) is 0. The predicted octanol–water partition coefficient (Wildman–Crippen LogP) is 0.270. The molecule has 3 heterocycles. The minimum absolute atomic E-state index is 0.393. The number of carbonyl (C=O) groups is 1. The van der Waals surface area contributed by atoms with E-state index in [1.165, 1.54) is 0 Å². The third kappa shape index (κ3) is 1.42. The van der Waals surface area contributed by atoms with Gasteiger partial charge in [0.05, 0.1) is 29.7 Å². The SMILES string of the molecule is NC(=O)C1=C2C=CC=CN2N(c2cn[nH]c2)C1. The number of fused-ring (bicyclic) bond motifs is 1. The zero-order valence-electron chi connectivity index (χ0n) is 9.00. The summed E-state index contributed by atoms with van der Waals surface area (Å²) in [5.41, 5.74) is 7.70. The molecule has 3 rings (SSSR count). The number of aromatic nitrogens is 2. The second-order valence-electron chi connectivity index (χ2n) is 3.79. The molecule has 0 saturated heterocycles. The third-order valence-electron chi connectivity index (χ3n) is 2.80. The normalized spacial score (nSPS) is 17.9. The number of rotatable bonds is 2. The first kappa shape index (κ1) is 9.71. The maximum atomic E-state index is 11.4. The molecule has 0 spiro atoms. The van der Waals surface area contributed by atoms with Crippen LogP contribution in [0.25, 0.3) is 0 Å². The molecule has 2 aliphatic rings. The Hall–Kier alpha value is -2.50. The highest BCUT2D eigenvalue weighted by Crippen LogP contribution is 2.30. The van der Waals surface area contributed by atoms with E-state index in [9.17, 15) is 4.79 Å². The van der Waals surface area contributed by atoms with E-state index in [4.69, 9.17) is 5.73 Å². The zero-order valence-corrected chi connectivity index (χ0v) is 9.00. The highest BCUT2D eigenvalue weighted by molar-refractivity contribution is 5.95. The maximum absolute atomic E-state index is 11.4. The quantitative estimate of drug-likeness (QED) is 0.763. The Morgan fingerprint density at radius 1 is 1.47 bits per heavy atom. The van der Waals surface area contributed by atoms with Crippen molar-refractivity contribution in [1.82, 2.24) is 15.2 Å². The summed E-state index contributed by atoms with van der Waals surface area (Å²) in [5, 5.41) is 10.5. The minimum atomic E-state index is -0.393. The van der Waals surface area contributed by atoms with Crippen molar-refractivity contribution in [1.29, 1.82) is 0 Å². The summed E-state index contributed by atoms with van der Waals surface area (Å²) < 4.78 is 0. The second-order valence-corrected chi connectivity index (χ2v) is 3.79. The Bertz CT molecular complexity index is 540. The lowest BCUT2D eigenvalue weighted by Crippen LogP contribution is -2.33. The molecule has 6 heteroatoms. The van der Waals surface area contributed by atoms with Crippen molar-refractivity contribution in [2.75, 3.05) is 11.6 Å². The number of aromatic amines is 1. The van der Waals surface area contributed by atoms with Crippen LogP contribution in [0.1, 0.15) is 0 Å². The van der Waals surface area contributed by atoms with Gasteiger partial charge in [0.1, 0.15) is 0 Å². The maximum Gasteiger partial charge on any atom is 0.248 e. The molecule has 86 valence electrons. The van der Waals surface area contributed by atoms with Crippen LogP contribution in [0.4, 0.5) is 5.69 Å². The number of hydrogen-bond donors (Lipinski definition) is 2. The average Bonchev–Trinajstić information content (AvgIpc) is 2.95. The molecule has 1 amide bonds. The van der Waals surface area contributed by atoms with E-state index in [2.05, 4.69) is 10.2 Å². The molecule has 1 aromatic rings. The van der Waals surface area contributed by atoms with Crippen molar-refractivity contribution in [3.8, 4) is 0 Å². The minimum Gasteiger partial charge on any atom is -0.366 e. The van der Waals surface area contributed by atoms with Crippen LogP contribution < -0.4 is 10.7 Å². The molecule has 0 aromatic carbocycles. The predicted molar refractivity (Wildman–Crippen MR) is 62.3 cm³/mol. The monoisotopic (exact) mass is 229 g/mol. The van der Waals surface area contributed by atoms with E-state index in [0.717, 1.165) is 11.4 Å². The number of nitrogens with one attached hydrogen (secondary N) is 1. The van der Waals surface area contributed by atoms with E-state index in [0.29, 0.717) is 12.1 Å². The Morgan fingerprint density at radius 2 is 2.35 bits per heavy atom. The number of hydrogen-bond acceptors (Lipinski definition) is 4. The van der Waals surface area contributed by atoms with Gasteiger partial charge in [0.2, 0.25) is 5.91 Å². The number of hydrazine groups is 1. The fourth-order valence-electron chi connectivity index (χ4n) is 2.00. The molecular weight excluding hydrogens is 218 g/mol. The Kier molecular flexibility index (Phi) is 2.01. The molecule has 0 fully saturated rings. The molecule has 3 N–H and O–H groups in total. The lowest BCUT2D eigenvalue weighted by atomic mass is 10.2. The number of anilines is 1. The molecule has 0 saturated carbocycles. The first-order chi connectivity index (χ1) is 8.27. The topological polar surface area (TPSA) is 78.2 Å². The van der Waals surface area contributed by atoms with Crippen LogP contribution in [-0.2, 0) is 4.79 Å². The van der Waals surface area contributed by atoms with Crippen molar-refractivity contribution in [2.45, 2.75) is 0 Å². The van der Waals surface area contributed by atoms with E-state index in [1.54, 1.807) is 12.4 Å². The summed E-state index contributed by atoms with van der Waals surface area (Å²) in [6.07, 6.45) is 11.0. The smallest absolute Gasteiger partial charge is 0.248 e. The van der Waals surface area contributed by atoms with Crippen LogP contribution in [0.5, 0.6) is 0 Å². The Labute approximate surface area is 97.7 Å². The Balaban J connectivity index is 2.02. The van der Waals surface area contributed by atoms with Gasteiger partial charge in [0, 0.05) is 12.4 Å². The van der Waals surface area contributed by atoms with Crippen molar-refractivity contribution in [2.24, 2.45) is 5.73 Å². The molecule has 0 atom stereocenters. The van der Waals surface area contributed by atoms with Crippen LogP contribution in [0.2, 0.25) is 0 Å². The van der Waals surface area contributed by atoms with Gasteiger partial charge < -0.3 is 5.73 Å². The lowest BCUT2D eigenvalue weighted by Gasteiger charge is -2.29. The largest absolute Gasteiger partial charge is 0.366 e. The van der Waals surface area contributed by atoms with Gasteiger partial charge in [-0.15, -0.1) is 0 Å². The molecule has 1 aromatic heterocycles. The molecule has 6 nitrogen and oxygen atoms in total. The summed E-state index contributed by atoms with van der Waals surface area (Å²) in [4.78, 5) is 11.4. The number of nitrogens with zero attached hydrogens (tertiary/aromatic N) is 3. The number of nitrogens with two attached hydrogens (primary N) is 1. The molecule has 17 heavy (non-hydrogen) atoms. The van der Waals surface area contributed by atoms with Crippen LogP contribution in [0, 0.1) is 0 Å². The van der Waals surface area contributed by atoms with Crippen molar-refractivity contribution in [3.05, 3.63) is 48.1 Å². The Morgan fingerprint density at radius 3 is 3.06 bits per heavy atom. The molecule has 0 radical (unpaired) electrons. The van der Waals surface area contributed by atoms with E-state index >= 15 is 0 Å². The van der Waals surface area contributed by atoms with Crippen molar-refractivity contribution < 1.29 is 4.79 Å². The van der Waals surface area contributed by atoms with Crippen molar-refractivity contribution in [3.63, 3.8) is 0 Å². The van der Waals surface area contributed by atoms with Crippen LogP contribution in [0.15, 0.2) is 48.1 Å². The van der Waals surface area contributed by atoms with E-state index in [1.807, 2.05) is 34.4 Å². The lowest BCUT2D eigenvalue weighted by molar-refractivity contribution is -0.114. The number of carbonyl (C=O) groups excluding carboxylic acids is 1. The fraction of sp³-hybridized carbons (Fsp3) is 0.0909. The molecule has 0 bridgehead atoms. The van der Waals surface area contributed by atoms with Crippen LogP contribution in [-0.4, -0.2) is 27.7 Å². The van der Waals surface area contributed by atoms with Gasteiger partial charge in [-0.25, -0.2) is 0 Å². The summed E-state index contributed by atoms with van der Waals surface area (Å²) in [6.45, 7) is 0.457. The summed E-state index contributed by atoms with van der Waals surface area (Å²) in [7, 11) is 0. The van der Waals surface area contributed by atoms with Gasteiger partial charge in [-0.2, -0.15) is 5.10 Å². The van der Waals surface area contributed by atoms with Gasteiger partial charge in [-0.05, 0) is 12.2 Å². The van der Waals surface area contributed by atoms with Gasteiger partial charge in [0.25, 0.3) is 0 Å². The summed E-state index contributed by atoms with van der Waals surface area (Å²) >= 11 is 0. The van der Waals surface area contributed by atoms with Crippen LogP contribution >= 0.6 is 0 Å². The third-order valence-corrected chi connectivity index (χ3v) is 2.80. The fourth-order valence-corrected chi connectivity index (χ4v) is 2.00. The number of primary amides is 1. The molecule has 0 aliphatic carbocycles. The first-order valence-electron chi connectivity index (χ1n) is 5.20. The first-order valence-corrected chi connectivity index (χ1v) is 5.20. The van der Waals surface area contributed by atoms with Gasteiger partial charge >= 0.3 is 0 Å². The molecular formula is C11H11N5O. The average molecular weight is 229 g/mol. The number of allylic oxidation sites excluding steroid dienone is 3. The molecule has 2 aliphatic heterocycles. The van der Waals surface area contributed by atoms with Crippen LogP contribution in [0.3, 0.4) is 0 Å².